The zero-order valence-corrected chi connectivity index (χ0v) is 11.1. The summed E-state index contributed by atoms with van der Waals surface area (Å²) in [5, 5.41) is 0. The lowest BCUT2D eigenvalue weighted by Gasteiger charge is -2.11. The Hall–Kier alpha value is -1.74. The van der Waals surface area contributed by atoms with Gasteiger partial charge in [-0.25, -0.2) is 9.97 Å². The molecule has 1 heterocycles. The molecule has 1 aromatic carbocycles. The lowest BCUT2D eigenvalue weighted by Crippen LogP contribution is -2.13. The second kappa shape index (κ2) is 5.27. The van der Waals surface area contributed by atoms with Crippen molar-refractivity contribution in [3.05, 3.63) is 47.4 Å². The predicted octanol–water partition coefficient (Wildman–Crippen LogP) is 2.82. The number of benzene rings is 1. The van der Waals surface area contributed by atoms with Crippen LogP contribution in [0.4, 0.5) is 0 Å². The largest absolute Gasteiger partial charge is 0.330 e. The molecule has 0 bridgehead atoms. The molecule has 1 unspecified atom stereocenters. The van der Waals surface area contributed by atoms with Crippen LogP contribution in [0.5, 0.6) is 0 Å². The maximum atomic E-state index is 5.69. The first-order valence-corrected chi connectivity index (χ1v) is 6.23. The zero-order valence-electron chi connectivity index (χ0n) is 11.1. The summed E-state index contributed by atoms with van der Waals surface area (Å²) < 4.78 is 0. The third kappa shape index (κ3) is 2.57. The van der Waals surface area contributed by atoms with Crippen molar-refractivity contribution < 1.29 is 0 Å². The van der Waals surface area contributed by atoms with Crippen molar-refractivity contribution in [3.63, 3.8) is 0 Å². The van der Waals surface area contributed by atoms with Crippen LogP contribution in [-0.4, -0.2) is 16.5 Å². The number of aryl methyl sites for hydroxylation is 2. The summed E-state index contributed by atoms with van der Waals surface area (Å²) in [5.74, 6) is 1.02. The molecule has 1 aromatic heterocycles. The van der Waals surface area contributed by atoms with Crippen molar-refractivity contribution >= 4 is 0 Å². The molecule has 3 heteroatoms. The second-order valence-corrected chi connectivity index (χ2v) is 4.70. The van der Waals surface area contributed by atoms with Gasteiger partial charge in [-0.3, -0.25) is 0 Å². The molecule has 0 aliphatic rings. The smallest absolute Gasteiger partial charge is 0.133 e. The Bertz CT molecular complexity index is 549. The molecule has 1 atom stereocenters. The molecule has 0 amide bonds. The highest BCUT2D eigenvalue weighted by molar-refractivity contribution is 5.63. The van der Waals surface area contributed by atoms with Gasteiger partial charge >= 0.3 is 0 Å². The van der Waals surface area contributed by atoms with Crippen molar-refractivity contribution in [2.45, 2.75) is 26.7 Å². The van der Waals surface area contributed by atoms with Crippen molar-refractivity contribution in [2.24, 2.45) is 5.73 Å². The van der Waals surface area contributed by atoms with Gasteiger partial charge in [-0.1, -0.05) is 31.2 Å². The van der Waals surface area contributed by atoms with E-state index in [1.807, 2.05) is 25.1 Å². The van der Waals surface area contributed by atoms with Crippen molar-refractivity contribution in [1.29, 1.82) is 0 Å². The Morgan fingerprint density at radius 3 is 2.56 bits per heavy atom. The monoisotopic (exact) mass is 241 g/mol. The molecule has 0 saturated carbocycles. The quantitative estimate of drug-likeness (QED) is 0.899. The van der Waals surface area contributed by atoms with E-state index >= 15 is 0 Å². The maximum Gasteiger partial charge on any atom is 0.133 e. The molecule has 0 fully saturated rings. The van der Waals surface area contributed by atoms with Crippen LogP contribution in [0.25, 0.3) is 11.3 Å². The van der Waals surface area contributed by atoms with Crippen molar-refractivity contribution in [2.75, 3.05) is 6.54 Å². The van der Waals surface area contributed by atoms with E-state index in [0.717, 1.165) is 22.8 Å². The van der Waals surface area contributed by atoms with Crippen LogP contribution in [0.15, 0.2) is 30.3 Å². The highest BCUT2D eigenvalue weighted by Gasteiger charge is 2.11. The molecule has 0 radical (unpaired) electrons. The molecule has 94 valence electrons. The Kier molecular flexibility index (Phi) is 3.72. The minimum atomic E-state index is 0.188. The van der Waals surface area contributed by atoms with Crippen LogP contribution in [0, 0.1) is 13.8 Å². The van der Waals surface area contributed by atoms with Crippen LogP contribution in [0.2, 0.25) is 0 Å². The molecule has 0 saturated heterocycles. The second-order valence-electron chi connectivity index (χ2n) is 4.70. The van der Waals surface area contributed by atoms with Gasteiger partial charge in [-0.15, -0.1) is 0 Å². The van der Waals surface area contributed by atoms with Gasteiger partial charge in [0.2, 0.25) is 0 Å². The summed E-state index contributed by atoms with van der Waals surface area (Å²) in [4.78, 5) is 9.11. The number of hydrogen-bond acceptors (Lipinski definition) is 3. The minimum Gasteiger partial charge on any atom is -0.330 e. The molecule has 0 aliphatic heterocycles. The lowest BCUT2D eigenvalue weighted by molar-refractivity contribution is 0.708. The van der Waals surface area contributed by atoms with Crippen LogP contribution in [0.1, 0.15) is 29.9 Å². The fourth-order valence-corrected chi connectivity index (χ4v) is 1.92. The summed E-state index contributed by atoms with van der Waals surface area (Å²) in [7, 11) is 0. The average molecular weight is 241 g/mol. The Morgan fingerprint density at radius 2 is 1.89 bits per heavy atom. The summed E-state index contributed by atoms with van der Waals surface area (Å²) >= 11 is 0. The maximum absolute atomic E-state index is 5.69. The minimum absolute atomic E-state index is 0.188. The molecule has 0 spiro atoms. The third-order valence-corrected chi connectivity index (χ3v) is 3.09. The number of hydrogen-bond donors (Lipinski definition) is 1. The third-order valence-electron chi connectivity index (χ3n) is 3.09. The molecule has 3 nitrogen and oxygen atoms in total. The van der Waals surface area contributed by atoms with Gasteiger partial charge in [0.15, 0.2) is 0 Å². The fraction of sp³-hybridized carbons (Fsp3) is 0.333. The number of rotatable bonds is 3. The van der Waals surface area contributed by atoms with Gasteiger partial charge in [0.1, 0.15) is 5.82 Å². The molecular weight excluding hydrogens is 222 g/mol. The van der Waals surface area contributed by atoms with Crippen LogP contribution < -0.4 is 5.73 Å². The molecule has 2 aromatic rings. The number of nitrogens with zero attached hydrogens (tertiary/aromatic N) is 2. The summed E-state index contributed by atoms with van der Waals surface area (Å²) in [6.45, 7) is 6.71. The predicted molar refractivity (Wildman–Crippen MR) is 74.4 cm³/mol. The van der Waals surface area contributed by atoms with E-state index in [-0.39, 0.29) is 5.92 Å². The van der Waals surface area contributed by atoms with E-state index in [1.54, 1.807) is 0 Å². The van der Waals surface area contributed by atoms with E-state index < -0.39 is 0 Å². The molecular formula is C15H19N3. The van der Waals surface area contributed by atoms with Gasteiger partial charge in [-0.2, -0.15) is 0 Å². The van der Waals surface area contributed by atoms with Crippen molar-refractivity contribution in [3.8, 4) is 11.3 Å². The fourth-order valence-electron chi connectivity index (χ4n) is 1.92. The van der Waals surface area contributed by atoms with Gasteiger partial charge in [0, 0.05) is 23.7 Å². The van der Waals surface area contributed by atoms with E-state index in [9.17, 15) is 0 Å². The van der Waals surface area contributed by atoms with Gasteiger partial charge < -0.3 is 5.73 Å². The van der Waals surface area contributed by atoms with Crippen LogP contribution >= 0.6 is 0 Å². The van der Waals surface area contributed by atoms with Gasteiger partial charge in [0.25, 0.3) is 0 Å². The lowest BCUT2D eigenvalue weighted by atomic mass is 10.0. The van der Waals surface area contributed by atoms with E-state index in [1.165, 1.54) is 5.56 Å². The molecule has 0 aliphatic carbocycles. The summed E-state index contributed by atoms with van der Waals surface area (Å²) in [6.07, 6.45) is 0. The SMILES string of the molecule is Cc1cc(-c2ccccc2C)nc(C(C)CN)n1. The van der Waals surface area contributed by atoms with E-state index in [0.29, 0.717) is 6.54 Å². The standard InChI is InChI=1S/C15H19N3/c1-10-6-4-5-7-13(10)14-8-12(3)17-15(18-14)11(2)9-16/h4-8,11H,9,16H2,1-3H3. The summed E-state index contributed by atoms with van der Waals surface area (Å²) in [5.41, 5.74) is 10.0. The van der Waals surface area contributed by atoms with Gasteiger partial charge in [0.05, 0.1) is 5.69 Å². The Balaban J connectivity index is 2.52. The van der Waals surface area contributed by atoms with E-state index in [2.05, 4.69) is 35.9 Å². The highest BCUT2D eigenvalue weighted by atomic mass is 14.9. The molecule has 2 rings (SSSR count). The Morgan fingerprint density at radius 1 is 1.17 bits per heavy atom. The molecule has 18 heavy (non-hydrogen) atoms. The molecule has 2 N–H and O–H groups in total. The first kappa shape index (κ1) is 12.7. The van der Waals surface area contributed by atoms with Crippen LogP contribution in [0.3, 0.4) is 0 Å². The van der Waals surface area contributed by atoms with Crippen molar-refractivity contribution in [1.82, 2.24) is 9.97 Å². The highest BCUT2D eigenvalue weighted by Crippen LogP contribution is 2.23. The zero-order chi connectivity index (χ0) is 13.1. The van der Waals surface area contributed by atoms with Crippen LogP contribution in [-0.2, 0) is 0 Å². The summed E-state index contributed by atoms with van der Waals surface area (Å²) in [6, 6.07) is 10.3. The van der Waals surface area contributed by atoms with Gasteiger partial charge in [-0.05, 0) is 25.5 Å². The Labute approximate surface area is 108 Å². The number of aromatic nitrogens is 2. The van der Waals surface area contributed by atoms with E-state index in [4.69, 9.17) is 5.73 Å². The first-order valence-electron chi connectivity index (χ1n) is 6.23. The number of nitrogens with two attached hydrogens (primary N) is 1. The first-order chi connectivity index (χ1) is 8.61. The normalized spacial score (nSPS) is 12.4. The topological polar surface area (TPSA) is 51.8 Å². The average Bonchev–Trinajstić information content (AvgIpc) is 2.37.